The van der Waals surface area contributed by atoms with Crippen LogP contribution < -0.4 is 5.32 Å². The highest BCUT2D eigenvalue weighted by molar-refractivity contribution is 7.89. The Morgan fingerprint density at radius 2 is 1.68 bits per heavy atom. The Morgan fingerprint density at radius 3 is 2.27 bits per heavy atom. The summed E-state index contributed by atoms with van der Waals surface area (Å²) in [5.41, 5.74) is 4.10. The van der Waals surface area contributed by atoms with Crippen molar-refractivity contribution >= 4 is 21.4 Å². The maximum Gasteiger partial charge on any atom is 0.255 e. The lowest BCUT2D eigenvalue weighted by Crippen LogP contribution is -2.13. The fourth-order valence-corrected chi connectivity index (χ4v) is 2.93. The number of benzene rings is 2. The van der Waals surface area contributed by atoms with Gasteiger partial charge >= 0.3 is 0 Å². The van der Waals surface area contributed by atoms with Gasteiger partial charge in [0, 0.05) is 17.5 Å². The van der Waals surface area contributed by atoms with Gasteiger partial charge < -0.3 is 5.32 Å². The van der Waals surface area contributed by atoms with Gasteiger partial charge in [-0.25, -0.2) is 8.42 Å². The maximum atomic E-state index is 12.2. The predicted octanol–water partition coefficient (Wildman–Crippen LogP) is 3.10. The van der Waals surface area contributed by atoms with Gasteiger partial charge in [0.25, 0.3) is 5.91 Å². The molecule has 0 saturated carbocycles. The minimum Gasteiger partial charge on any atom is -0.322 e. The molecule has 4 nitrogen and oxygen atoms in total. The van der Waals surface area contributed by atoms with E-state index in [4.69, 9.17) is 0 Å². The van der Waals surface area contributed by atoms with Crippen molar-refractivity contribution in [1.29, 1.82) is 0 Å². The first kappa shape index (κ1) is 16.2. The molecule has 0 aromatic heterocycles. The second-order valence-corrected chi connectivity index (χ2v) is 7.61. The molecule has 2 aromatic carbocycles. The van der Waals surface area contributed by atoms with Crippen LogP contribution in [-0.2, 0) is 15.6 Å². The predicted molar refractivity (Wildman–Crippen MR) is 88.9 cm³/mol. The van der Waals surface area contributed by atoms with Crippen molar-refractivity contribution in [1.82, 2.24) is 0 Å². The van der Waals surface area contributed by atoms with Crippen LogP contribution in [0.4, 0.5) is 5.69 Å². The first-order valence-corrected chi connectivity index (χ1v) is 8.96. The van der Waals surface area contributed by atoms with Crippen molar-refractivity contribution in [3.63, 3.8) is 0 Å². The van der Waals surface area contributed by atoms with Gasteiger partial charge in [-0.1, -0.05) is 24.3 Å². The number of anilines is 1. The summed E-state index contributed by atoms with van der Waals surface area (Å²) in [5, 5.41) is 2.88. The van der Waals surface area contributed by atoms with E-state index in [0.29, 0.717) is 11.1 Å². The Hall–Kier alpha value is -2.14. The van der Waals surface area contributed by atoms with Crippen molar-refractivity contribution in [2.75, 3.05) is 11.6 Å². The number of nitrogens with one attached hydrogen (secondary N) is 1. The first-order chi connectivity index (χ1) is 10.3. The molecule has 0 fully saturated rings. The summed E-state index contributed by atoms with van der Waals surface area (Å²) in [5.74, 6) is -0.231. The van der Waals surface area contributed by atoms with Crippen LogP contribution in [0, 0.1) is 13.8 Å². The topological polar surface area (TPSA) is 63.2 Å². The Labute approximate surface area is 131 Å². The fourth-order valence-electron chi connectivity index (χ4n) is 2.14. The van der Waals surface area contributed by atoms with Gasteiger partial charge in [-0.3, -0.25) is 4.79 Å². The number of sulfone groups is 1. The molecule has 1 N–H and O–H groups in total. The van der Waals surface area contributed by atoms with Crippen molar-refractivity contribution in [3.8, 4) is 0 Å². The van der Waals surface area contributed by atoms with E-state index < -0.39 is 9.84 Å². The molecule has 0 heterocycles. The summed E-state index contributed by atoms with van der Waals surface area (Å²) >= 11 is 0. The smallest absolute Gasteiger partial charge is 0.255 e. The Balaban J connectivity index is 2.15. The molecule has 0 atom stereocenters. The number of hydrogen-bond donors (Lipinski definition) is 1. The molecule has 1 amide bonds. The number of aryl methyl sites for hydroxylation is 1. The van der Waals surface area contributed by atoms with E-state index in [9.17, 15) is 13.2 Å². The lowest BCUT2D eigenvalue weighted by Gasteiger charge is -2.10. The third kappa shape index (κ3) is 4.18. The van der Waals surface area contributed by atoms with Gasteiger partial charge in [0.1, 0.15) is 0 Å². The van der Waals surface area contributed by atoms with Crippen molar-refractivity contribution in [3.05, 3.63) is 64.7 Å². The number of hydrogen-bond acceptors (Lipinski definition) is 3. The van der Waals surface area contributed by atoms with Crippen LogP contribution in [-0.4, -0.2) is 20.6 Å². The van der Waals surface area contributed by atoms with E-state index in [-0.39, 0.29) is 11.7 Å². The zero-order valence-corrected chi connectivity index (χ0v) is 13.7. The minimum atomic E-state index is -3.07. The first-order valence-electron chi connectivity index (χ1n) is 6.90. The SMILES string of the molecule is Cc1cccc(NC(=O)c2ccc(CS(C)(=O)=O)cc2)c1C. The monoisotopic (exact) mass is 317 g/mol. The zero-order chi connectivity index (χ0) is 16.3. The molecular formula is C17H19NO3S. The summed E-state index contributed by atoms with van der Waals surface area (Å²) < 4.78 is 22.5. The molecule has 0 unspecified atom stereocenters. The average molecular weight is 317 g/mol. The summed E-state index contributed by atoms with van der Waals surface area (Å²) in [6.45, 7) is 3.95. The van der Waals surface area contributed by atoms with Crippen molar-refractivity contribution in [2.45, 2.75) is 19.6 Å². The van der Waals surface area contributed by atoms with E-state index >= 15 is 0 Å². The number of rotatable bonds is 4. The summed E-state index contributed by atoms with van der Waals surface area (Å²) in [4.78, 5) is 12.2. The highest BCUT2D eigenvalue weighted by Crippen LogP contribution is 2.19. The highest BCUT2D eigenvalue weighted by Gasteiger charge is 2.10. The normalized spacial score (nSPS) is 11.2. The zero-order valence-electron chi connectivity index (χ0n) is 12.9. The molecule has 0 spiro atoms. The Bertz CT molecular complexity index is 793. The fraction of sp³-hybridized carbons (Fsp3) is 0.235. The Morgan fingerprint density at radius 1 is 1.05 bits per heavy atom. The molecule has 2 aromatic rings. The van der Waals surface area contributed by atoms with Crippen molar-refractivity contribution in [2.24, 2.45) is 0 Å². The summed E-state index contributed by atoms with van der Waals surface area (Å²) in [6.07, 6.45) is 1.19. The molecule has 22 heavy (non-hydrogen) atoms. The molecule has 0 aliphatic heterocycles. The van der Waals surface area contributed by atoms with E-state index in [1.54, 1.807) is 24.3 Å². The number of carbonyl (C=O) groups is 1. The van der Waals surface area contributed by atoms with Crippen LogP contribution in [0.25, 0.3) is 0 Å². The summed E-state index contributed by atoms with van der Waals surface area (Å²) in [7, 11) is -3.07. The third-order valence-corrected chi connectivity index (χ3v) is 4.36. The average Bonchev–Trinajstić information content (AvgIpc) is 2.43. The van der Waals surface area contributed by atoms with Crippen LogP contribution in [0.2, 0.25) is 0 Å². The number of amides is 1. The molecular weight excluding hydrogens is 298 g/mol. The molecule has 116 valence electrons. The molecule has 0 bridgehead atoms. The van der Waals surface area contributed by atoms with Gasteiger partial charge in [-0.15, -0.1) is 0 Å². The molecule has 0 aliphatic rings. The van der Waals surface area contributed by atoms with Crippen LogP contribution in [0.15, 0.2) is 42.5 Å². The Kier molecular flexibility index (Phi) is 4.66. The van der Waals surface area contributed by atoms with Crippen molar-refractivity contribution < 1.29 is 13.2 Å². The van der Waals surface area contributed by atoms with E-state index in [0.717, 1.165) is 16.8 Å². The largest absolute Gasteiger partial charge is 0.322 e. The quantitative estimate of drug-likeness (QED) is 0.942. The third-order valence-electron chi connectivity index (χ3n) is 3.50. The van der Waals surface area contributed by atoms with E-state index in [1.165, 1.54) is 6.26 Å². The van der Waals surface area contributed by atoms with E-state index in [1.807, 2.05) is 32.0 Å². The lowest BCUT2D eigenvalue weighted by atomic mass is 10.1. The van der Waals surface area contributed by atoms with Crippen LogP contribution in [0.5, 0.6) is 0 Å². The van der Waals surface area contributed by atoms with E-state index in [2.05, 4.69) is 5.32 Å². The summed E-state index contributed by atoms with van der Waals surface area (Å²) in [6, 6.07) is 12.4. The maximum absolute atomic E-state index is 12.2. The van der Waals surface area contributed by atoms with Crippen LogP contribution in [0.1, 0.15) is 27.0 Å². The van der Waals surface area contributed by atoms with Crippen LogP contribution >= 0.6 is 0 Å². The minimum absolute atomic E-state index is 0.0219. The standard InChI is InChI=1S/C17H19NO3S/c1-12-5-4-6-16(13(12)2)18-17(19)15-9-7-14(8-10-15)11-22(3,20)21/h4-10H,11H2,1-3H3,(H,18,19). The molecule has 5 heteroatoms. The second kappa shape index (κ2) is 6.32. The van der Waals surface area contributed by atoms with Gasteiger partial charge in [-0.2, -0.15) is 0 Å². The highest BCUT2D eigenvalue weighted by atomic mass is 32.2. The van der Waals surface area contributed by atoms with Gasteiger partial charge in [0.05, 0.1) is 5.75 Å². The molecule has 0 saturated heterocycles. The molecule has 0 aliphatic carbocycles. The van der Waals surface area contributed by atoms with Crippen LogP contribution in [0.3, 0.4) is 0 Å². The van der Waals surface area contributed by atoms with Gasteiger partial charge in [-0.05, 0) is 48.7 Å². The lowest BCUT2D eigenvalue weighted by molar-refractivity contribution is 0.102. The van der Waals surface area contributed by atoms with Gasteiger partial charge in [0.2, 0.25) is 0 Å². The van der Waals surface area contributed by atoms with Gasteiger partial charge in [0.15, 0.2) is 9.84 Å². The molecule has 2 rings (SSSR count). The second-order valence-electron chi connectivity index (χ2n) is 5.47. The molecule has 0 radical (unpaired) electrons. The number of carbonyl (C=O) groups excluding carboxylic acids is 1.